The van der Waals surface area contributed by atoms with Gasteiger partial charge in [0.15, 0.2) is 0 Å². The fourth-order valence-corrected chi connectivity index (χ4v) is 2.30. The molecule has 3 N–H and O–H groups in total. The highest BCUT2D eigenvalue weighted by Gasteiger charge is 2.27. The van der Waals surface area contributed by atoms with E-state index in [1.165, 1.54) is 12.8 Å². The van der Waals surface area contributed by atoms with Crippen LogP contribution in [0, 0.1) is 5.92 Å². The van der Waals surface area contributed by atoms with Crippen molar-refractivity contribution in [1.82, 2.24) is 0 Å². The number of hydrogen-bond donors (Lipinski definition) is 2. The normalized spacial score (nSPS) is 16.9. The first kappa shape index (κ1) is 11.7. The van der Waals surface area contributed by atoms with Gasteiger partial charge in [0.25, 0.3) is 0 Å². The van der Waals surface area contributed by atoms with E-state index < -0.39 is 0 Å². The number of nitrogens with two attached hydrogens (primary N) is 1. The van der Waals surface area contributed by atoms with Gasteiger partial charge >= 0.3 is 0 Å². The van der Waals surface area contributed by atoms with Gasteiger partial charge in [-0.15, -0.1) is 0 Å². The second-order valence-electron chi connectivity index (χ2n) is 4.33. The fourth-order valence-electron chi connectivity index (χ4n) is 1.78. The predicted molar refractivity (Wildman–Crippen MR) is 73.1 cm³/mol. The second-order valence-corrected chi connectivity index (χ2v) is 5.18. The molecule has 0 amide bonds. The van der Waals surface area contributed by atoms with Crippen molar-refractivity contribution in [1.29, 1.82) is 0 Å². The molecule has 4 heteroatoms. The summed E-state index contributed by atoms with van der Waals surface area (Å²) in [5, 5.41) is 4.05. The number of anilines is 1. The van der Waals surface area contributed by atoms with Crippen molar-refractivity contribution in [3.63, 3.8) is 0 Å². The largest absolute Gasteiger partial charge is 0.389 e. The van der Waals surface area contributed by atoms with Crippen LogP contribution in [0.1, 0.15) is 25.3 Å². The third kappa shape index (κ3) is 2.66. The van der Waals surface area contributed by atoms with E-state index in [0.717, 1.165) is 17.2 Å². The van der Waals surface area contributed by atoms with Crippen LogP contribution in [0.2, 0.25) is 5.02 Å². The Kier molecular flexibility index (Phi) is 3.36. The zero-order valence-electron chi connectivity index (χ0n) is 9.16. The van der Waals surface area contributed by atoms with E-state index in [4.69, 9.17) is 29.6 Å². The molecule has 86 valence electrons. The molecule has 1 fully saturated rings. The van der Waals surface area contributed by atoms with Crippen LogP contribution in [-0.4, -0.2) is 11.0 Å². The number of nitrogens with one attached hydrogen (secondary N) is 1. The summed E-state index contributed by atoms with van der Waals surface area (Å²) >= 11 is 11.0. The molecule has 0 saturated heterocycles. The molecular formula is C12H15ClN2S. The molecule has 1 atom stereocenters. The van der Waals surface area contributed by atoms with E-state index in [1.54, 1.807) is 0 Å². The van der Waals surface area contributed by atoms with Gasteiger partial charge in [0, 0.05) is 17.3 Å². The number of hydrogen-bond acceptors (Lipinski definition) is 2. The Morgan fingerprint density at radius 2 is 2.25 bits per heavy atom. The zero-order valence-corrected chi connectivity index (χ0v) is 10.7. The topological polar surface area (TPSA) is 38.0 Å². The summed E-state index contributed by atoms with van der Waals surface area (Å²) < 4.78 is 0. The quantitative estimate of drug-likeness (QED) is 0.811. The fraction of sp³-hybridized carbons (Fsp3) is 0.417. The highest BCUT2D eigenvalue weighted by Crippen LogP contribution is 2.34. The van der Waals surface area contributed by atoms with Gasteiger partial charge in [0.05, 0.1) is 5.02 Å². The molecule has 1 aromatic rings. The van der Waals surface area contributed by atoms with Gasteiger partial charge < -0.3 is 11.1 Å². The molecule has 1 aliphatic rings. The van der Waals surface area contributed by atoms with E-state index >= 15 is 0 Å². The Morgan fingerprint density at radius 3 is 2.75 bits per heavy atom. The third-order valence-corrected chi connectivity index (χ3v) is 3.49. The van der Waals surface area contributed by atoms with Crippen LogP contribution in [-0.2, 0) is 0 Å². The van der Waals surface area contributed by atoms with Gasteiger partial charge in [-0.1, -0.05) is 23.8 Å². The van der Waals surface area contributed by atoms with Crippen LogP contribution in [0.5, 0.6) is 0 Å². The molecule has 2 rings (SSSR count). The van der Waals surface area contributed by atoms with Gasteiger partial charge in [-0.2, -0.15) is 0 Å². The maximum atomic E-state index is 6.10. The van der Waals surface area contributed by atoms with Crippen molar-refractivity contribution in [2.24, 2.45) is 11.7 Å². The highest BCUT2D eigenvalue weighted by molar-refractivity contribution is 7.80. The molecule has 1 aliphatic carbocycles. The first-order valence-corrected chi connectivity index (χ1v) is 6.22. The van der Waals surface area contributed by atoms with Crippen LogP contribution in [0.4, 0.5) is 5.69 Å². The van der Waals surface area contributed by atoms with E-state index in [9.17, 15) is 0 Å². The van der Waals surface area contributed by atoms with E-state index in [-0.39, 0.29) is 0 Å². The molecule has 1 aromatic carbocycles. The smallest absolute Gasteiger partial charge is 0.105 e. The molecular weight excluding hydrogens is 240 g/mol. The molecule has 16 heavy (non-hydrogen) atoms. The molecule has 0 bridgehead atoms. The van der Waals surface area contributed by atoms with Crippen molar-refractivity contribution in [3.8, 4) is 0 Å². The number of thiocarbonyl (C=S) groups is 1. The second kappa shape index (κ2) is 4.60. The van der Waals surface area contributed by atoms with Crippen LogP contribution in [0.15, 0.2) is 18.2 Å². The van der Waals surface area contributed by atoms with E-state index in [1.807, 2.05) is 18.2 Å². The SMILES string of the molecule is CC(Nc1ccc(C(N)=S)c(Cl)c1)C1CC1. The minimum atomic E-state index is 0.340. The molecule has 1 saturated carbocycles. The van der Waals surface area contributed by atoms with Gasteiger partial charge in [-0.25, -0.2) is 0 Å². The van der Waals surface area contributed by atoms with Crippen molar-refractivity contribution in [3.05, 3.63) is 28.8 Å². The summed E-state index contributed by atoms with van der Waals surface area (Å²) in [6, 6.07) is 6.23. The molecule has 2 nitrogen and oxygen atoms in total. The van der Waals surface area contributed by atoms with Crippen molar-refractivity contribution >= 4 is 34.5 Å². The van der Waals surface area contributed by atoms with Crippen LogP contribution in [0.3, 0.4) is 0 Å². The molecule has 0 radical (unpaired) electrons. The van der Waals surface area contributed by atoms with Crippen LogP contribution < -0.4 is 11.1 Å². The first-order chi connectivity index (χ1) is 7.58. The lowest BCUT2D eigenvalue weighted by molar-refractivity contribution is 0.694. The first-order valence-electron chi connectivity index (χ1n) is 5.44. The molecule has 1 unspecified atom stereocenters. The third-order valence-electron chi connectivity index (χ3n) is 2.96. The highest BCUT2D eigenvalue weighted by atomic mass is 35.5. The number of halogens is 1. The molecule has 0 spiro atoms. The summed E-state index contributed by atoms with van der Waals surface area (Å²) in [5.41, 5.74) is 7.32. The van der Waals surface area contributed by atoms with Crippen molar-refractivity contribution in [2.45, 2.75) is 25.8 Å². The summed E-state index contributed by atoms with van der Waals surface area (Å²) in [7, 11) is 0. The Hall–Kier alpha value is -0.800. The maximum absolute atomic E-state index is 6.10. The average Bonchev–Trinajstić information content (AvgIpc) is 2.99. The van der Waals surface area contributed by atoms with E-state index in [2.05, 4.69) is 12.2 Å². The summed E-state index contributed by atoms with van der Waals surface area (Å²) in [6.07, 6.45) is 2.65. The lowest BCUT2D eigenvalue weighted by Crippen LogP contribution is -2.17. The average molecular weight is 255 g/mol. The van der Waals surface area contributed by atoms with Gasteiger partial charge in [0.1, 0.15) is 4.99 Å². The Labute approximate surface area is 106 Å². The number of rotatable bonds is 4. The van der Waals surface area contributed by atoms with E-state index in [0.29, 0.717) is 16.1 Å². The lowest BCUT2D eigenvalue weighted by Gasteiger charge is -2.15. The monoisotopic (exact) mass is 254 g/mol. The Bertz CT molecular complexity index is 415. The van der Waals surface area contributed by atoms with Crippen molar-refractivity contribution < 1.29 is 0 Å². The Balaban J connectivity index is 2.10. The molecule has 0 aromatic heterocycles. The van der Waals surface area contributed by atoms with Gasteiger partial charge in [-0.05, 0) is 43.9 Å². The minimum absolute atomic E-state index is 0.340. The molecule has 0 heterocycles. The minimum Gasteiger partial charge on any atom is -0.389 e. The standard InChI is InChI=1S/C12H15ClN2S/c1-7(8-2-3-8)15-9-4-5-10(12(14)16)11(13)6-9/h4-8,15H,2-3H2,1H3,(H2,14,16). The summed E-state index contributed by atoms with van der Waals surface area (Å²) in [6.45, 7) is 2.20. The summed E-state index contributed by atoms with van der Waals surface area (Å²) in [5.74, 6) is 0.814. The van der Waals surface area contributed by atoms with Gasteiger partial charge in [0.2, 0.25) is 0 Å². The predicted octanol–water partition coefficient (Wildman–Crippen LogP) is 3.18. The van der Waals surface area contributed by atoms with Crippen LogP contribution >= 0.6 is 23.8 Å². The van der Waals surface area contributed by atoms with Crippen LogP contribution in [0.25, 0.3) is 0 Å². The maximum Gasteiger partial charge on any atom is 0.105 e. The summed E-state index contributed by atoms with van der Waals surface area (Å²) in [4.78, 5) is 0.340. The number of benzene rings is 1. The van der Waals surface area contributed by atoms with Crippen molar-refractivity contribution in [2.75, 3.05) is 5.32 Å². The zero-order chi connectivity index (χ0) is 11.7. The Morgan fingerprint density at radius 1 is 1.56 bits per heavy atom. The molecule has 0 aliphatic heterocycles. The lowest BCUT2D eigenvalue weighted by atomic mass is 10.1. The van der Waals surface area contributed by atoms with Gasteiger partial charge in [-0.3, -0.25) is 0 Å².